The van der Waals surface area contributed by atoms with Gasteiger partial charge in [0.2, 0.25) is 5.91 Å². The third kappa shape index (κ3) is 5.95. The topological polar surface area (TPSA) is 98.6 Å². The van der Waals surface area contributed by atoms with E-state index in [-0.39, 0.29) is 17.6 Å². The van der Waals surface area contributed by atoms with Gasteiger partial charge in [-0.05, 0) is 36.9 Å². The summed E-state index contributed by atoms with van der Waals surface area (Å²) < 4.78 is 12.2. The number of rotatable bonds is 10. The SMILES string of the molecule is C=CCOc1ccccc1CN1C[C@@H](n2cc(C(=O)OC)nn2)C[C@H]1C(=O)Nc1cccc(SC)c1. The zero-order valence-electron chi connectivity index (χ0n) is 20.3. The van der Waals surface area contributed by atoms with E-state index in [1.165, 1.54) is 7.11 Å². The van der Waals surface area contributed by atoms with E-state index in [0.717, 1.165) is 21.9 Å². The number of anilines is 1. The summed E-state index contributed by atoms with van der Waals surface area (Å²) in [6.07, 6.45) is 5.77. The molecule has 1 amide bonds. The molecule has 1 aliphatic rings. The Morgan fingerprint density at radius 1 is 1.25 bits per heavy atom. The summed E-state index contributed by atoms with van der Waals surface area (Å²) in [7, 11) is 1.30. The fourth-order valence-electron chi connectivity index (χ4n) is 4.24. The number of hydrogen-bond donors (Lipinski definition) is 1. The number of ether oxygens (including phenoxy) is 2. The highest BCUT2D eigenvalue weighted by Gasteiger charge is 2.38. The first-order valence-corrected chi connectivity index (χ1v) is 12.8. The molecule has 0 unspecified atom stereocenters. The van der Waals surface area contributed by atoms with Crippen LogP contribution in [0.2, 0.25) is 0 Å². The summed E-state index contributed by atoms with van der Waals surface area (Å²) >= 11 is 1.62. The maximum atomic E-state index is 13.5. The maximum absolute atomic E-state index is 13.5. The first-order valence-electron chi connectivity index (χ1n) is 11.5. The standard InChI is InChI=1S/C26H29N5O4S/c1-4-12-35-24-11-6-5-8-18(24)15-30-16-20(31-17-22(28-29-31)26(33)34-2)14-23(30)25(32)27-19-9-7-10-21(13-19)36-3/h4-11,13,17,20,23H,1,12,14-16H2,2-3H3,(H,27,32)/t20-,23-/m0/s1. The van der Waals surface area contributed by atoms with Gasteiger partial charge in [0.25, 0.3) is 0 Å². The largest absolute Gasteiger partial charge is 0.489 e. The third-order valence-corrected chi connectivity index (χ3v) is 6.73. The van der Waals surface area contributed by atoms with Gasteiger partial charge < -0.3 is 14.8 Å². The van der Waals surface area contributed by atoms with Crippen LogP contribution in [0.5, 0.6) is 5.75 Å². The van der Waals surface area contributed by atoms with E-state index in [0.29, 0.717) is 26.1 Å². The number of carbonyl (C=O) groups is 2. The zero-order chi connectivity index (χ0) is 25.5. The smallest absolute Gasteiger partial charge is 0.360 e. The van der Waals surface area contributed by atoms with E-state index in [1.54, 1.807) is 28.7 Å². The summed E-state index contributed by atoms with van der Waals surface area (Å²) in [5.74, 6) is 0.0994. The molecule has 0 radical (unpaired) electrons. The van der Waals surface area contributed by atoms with Gasteiger partial charge in [0.05, 0.1) is 25.4 Å². The predicted octanol–water partition coefficient (Wildman–Crippen LogP) is 3.81. The van der Waals surface area contributed by atoms with Crippen LogP contribution in [0.3, 0.4) is 0 Å². The van der Waals surface area contributed by atoms with Crippen LogP contribution in [0.4, 0.5) is 5.69 Å². The highest BCUT2D eigenvalue weighted by Crippen LogP contribution is 2.32. The Morgan fingerprint density at radius 3 is 2.86 bits per heavy atom. The molecule has 36 heavy (non-hydrogen) atoms. The van der Waals surface area contributed by atoms with E-state index < -0.39 is 12.0 Å². The molecular weight excluding hydrogens is 478 g/mol. The second-order valence-corrected chi connectivity index (χ2v) is 9.22. The fourth-order valence-corrected chi connectivity index (χ4v) is 4.70. The lowest BCUT2D eigenvalue weighted by Crippen LogP contribution is -2.39. The Morgan fingerprint density at radius 2 is 2.08 bits per heavy atom. The number of para-hydroxylation sites is 1. The average molecular weight is 508 g/mol. The minimum Gasteiger partial charge on any atom is -0.489 e. The number of benzene rings is 2. The normalized spacial score (nSPS) is 17.5. The van der Waals surface area contributed by atoms with Crippen LogP contribution in [-0.4, -0.2) is 64.3 Å². The number of hydrogen-bond acceptors (Lipinski definition) is 8. The van der Waals surface area contributed by atoms with Crippen molar-refractivity contribution in [1.29, 1.82) is 0 Å². The van der Waals surface area contributed by atoms with Crippen LogP contribution in [-0.2, 0) is 16.1 Å². The molecule has 9 nitrogen and oxygen atoms in total. The molecule has 10 heteroatoms. The molecule has 1 aliphatic heterocycles. The molecule has 3 aromatic rings. The summed E-state index contributed by atoms with van der Waals surface area (Å²) in [6.45, 7) is 5.16. The summed E-state index contributed by atoms with van der Waals surface area (Å²) in [5.41, 5.74) is 1.85. The lowest BCUT2D eigenvalue weighted by Gasteiger charge is -2.24. The molecule has 0 aliphatic carbocycles. The van der Waals surface area contributed by atoms with Crippen molar-refractivity contribution in [3.63, 3.8) is 0 Å². The Hall–Kier alpha value is -3.63. The van der Waals surface area contributed by atoms with Gasteiger partial charge in [-0.1, -0.05) is 42.1 Å². The Balaban J connectivity index is 1.58. The second-order valence-electron chi connectivity index (χ2n) is 8.34. The first kappa shape index (κ1) is 25.5. The molecule has 0 bridgehead atoms. The van der Waals surface area contributed by atoms with E-state index in [4.69, 9.17) is 9.47 Å². The van der Waals surface area contributed by atoms with Crippen LogP contribution in [0.25, 0.3) is 0 Å². The quantitative estimate of drug-likeness (QED) is 0.251. The van der Waals surface area contributed by atoms with Crippen LogP contribution >= 0.6 is 11.8 Å². The van der Waals surface area contributed by atoms with Crippen LogP contribution in [0, 0.1) is 0 Å². The summed E-state index contributed by atoms with van der Waals surface area (Å²) in [5, 5.41) is 11.1. The van der Waals surface area contributed by atoms with Crippen molar-refractivity contribution in [3.05, 3.63) is 78.6 Å². The number of methoxy groups -OCH3 is 1. The van der Waals surface area contributed by atoms with Crippen molar-refractivity contribution in [3.8, 4) is 5.75 Å². The molecule has 188 valence electrons. The van der Waals surface area contributed by atoms with Crippen molar-refractivity contribution in [2.24, 2.45) is 0 Å². The number of carbonyl (C=O) groups excluding carboxylic acids is 2. The minimum absolute atomic E-state index is 0.103. The molecule has 0 saturated carbocycles. The van der Waals surface area contributed by atoms with Crippen molar-refractivity contribution in [2.45, 2.75) is 29.9 Å². The molecular formula is C26H29N5O4S. The van der Waals surface area contributed by atoms with Gasteiger partial charge in [0.1, 0.15) is 12.4 Å². The highest BCUT2D eigenvalue weighted by molar-refractivity contribution is 7.98. The monoisotopic (exact) mass is 507 g/mol. The molecule has 1 saturated heterocycles. The number of nitrogens with one attached hydrogen (secondary N) is 1. The number of thioether (sulfide) groups is 1. The van der Waals surface area contributed by atoms with Gasteiger partial charge in [0.15, 0.2) is 5.69 Å². The molecule has 0 spiro atoms. The molecule has 2 heterocycles. The van der Waals surface area contributed by atoms with E-state index >= 15 is 0 Å². The van der Waals surface area contributed by atoms with Gasteiger partial charge in [-0.3, -0.25) is 9.69 Å². The highest BCUT2D eigenvalue weighted by atomic mass is 32.2. The van der Waals surface area contributed by atoms with Crippen LogP contribution in [0.15, 0.2) is 72.3 Å². The van der Waals surface area contributed by atoms with Gasteiger partial charge >= 0.3 is 5.97 Å². The second kappa shape index (κ2) is 11.9. The maximum Gasteiger partial charge on any atom is 0.360 e. The fraction of sp³-hybridized carbons (Fsp3) is 0.308. The van der Waals surface area contributed by atoms with Crippen LogP contribution in [0.1, 0.15) is 28.5 Å². The molecule has 1 aromatic heterocycles. The van der Waals surface area contributed by atoms with Gasteiger partial charge in [-0.2, -0.15) is 0 Å². The minimum atomic E-state index is -0.549. The molecule has 2 atom stereocenters. The molecule has 2 aromatic carbocycles. The molecule has 1 N–H and O–H groups in total. The van der Waals surface area contributed by atoms with E-state index in [1.807, 2.05) is 54.8 Å². The first-order chi connectivity index (χ1) is 17.5. The van der Waals surface area contributed by atoms with Gasteiger partial charge in [-0.25, -0.2) is 9.48 Å². The van der Waals surface area contributed by atoms with Crippen molar-refractivity contribution in [1.82, 2.24) is 19.9 Å². The molecule has 4 rings (SSSR count). The lowest BCUT2D eigenvalue weighted by molar-refractivity contribution is -0.120. The van der Waals surface area contributed by atoms with Crippen LogP contribution < -0.4 is 10.1 Å². The number of nitrogens with zero attached hydrogens (tertiary/aromatic N) is 4. The summed E-state index contributed by atoms with van der Waals surface area (Å²) in [4.78, 5) is 28.5. The van der Waals surface area contributed by atoms with Crippen molar-refractivity contribution < 1.29 is 19.1 Å². The Bertz CT molecular complexity index is 1230. The Kier molecular flexibility index (Phi) is 8.40. The van der Waals surface area contributed by atoms with Crippen molar-refractivity contribution in [2.75, 3.05) is 31.8 Å². The lowest BCUT2D eigenvalue weighted by atomic mass is 10.1. The number of likely N-dealkylation sites (tertiary alicyclic amines) is 1. The number of amides is 1. The zero-order valence-corrected chi connectivity index (χ0v) is 21.1. The van der Waals surface area contributed by atoms with Gasteiger partial charge in [0, 0.05) is 29.2 Å². The summed E-state index contributed by atoms with van der Waals surface area (Å²) in [6, 6.07) is 15.0. The third-order valence-electron chi connectivity index (χ3n) is 6.00. The predicted molar refractivity (Wildman–Crippen MR) is 138 cm³/mol. The van der Waals surface area contributed by atoms with Crippen molar-refractivity contribution >= 4 is 29.3 Å². The number of esters is 1. The van der Waals surface area contributed by atoms with E-state index in [9.17, 15) is 9.59 Å². The van der Waals surface area contributed by atoms with E-state index in [2.05, 4.69) is 27.1 Å². The molecule has 1 fully saturated rings. The average Bonchev–Trinajstić information content (AvgIpc) is 3.55. The Labute approximate surface area is 214 Å². The number of aromatic nitrogens is 3. The van der Waals surface area contributed by atoms with Gasteiger partial charge in [-0.15, -0.1) is 16.9 Å².